The lowest BCUT2D eigenvalue weighted by Crippen LogP contribution is -2.35. The molecule has 2 aliphatic heterocycles. The molecule has 3 nitrogen and oxygen atoms in total. The van der Waals surface area contributed by atoms with Gasteiger partial charge in [0, 0.05) is 24.4 Å². The molecule has 1 fully saturated rings. The first-order valence-electron chi connectivity index (χ1n) is 6.86. The van der Waals surface area contributed by atoms with Crippen LogP contribution in [0.2, 0.25) is 0 Å². The molecule has 4 heteroatoms. The van der Waals surface area contributed by atoms with Crippen molar-refractivity contribution in [1.82, 2.24) is 10.2 Å². The van der Waals surface area contributed by atoms with Crippen LogP contribution in [0.4, 0.5) is 0 Å². The van der Waals surface area contributed by atoms with Crippen molar-refractivity contribution in [3.8, 4) is 0 Å². The van der Waals surface area contributed by atoms with Crippen molar-refractivity contribution in [2.24, 2.45) is 5.92 Å². The fourth-order valence-corrected chi connectivity index (χ4v) is 3.80. The molecule has 3 heterocycles. The molecule has 0 aromatic carbocycles. The van der Waals surface area contributed by atoms with Crippen molar-refractivity contribution >= 4 is 17.2 Å². The van der Waals surface area contributed by atoms with E-state index in [4.69, 9.17) is 0 Å². The van der Waals surface area contributed by atoms with E-state index < -0.39 is 0 Å². The molecule has 0 bridgehead atoms. The highest BCUT2D eigenvalue weighted by Crippen LogP contribution is 2.25. The summed E-state index contributed by atoms with van der Waals surface area (Å²) in [5.74, 6) is 1.06. The van der Waals surface area contributed by atoms with E-state index in [9.17, 15) is 4.79 Å². The van der Waals surface area contributed by atoms with Crippen LogP contribution in [0.15, 0.2) is 11.4 Å². The molecule has 3 rings (SSSR count). The summed E-state index contributed by atoms with van der Waals surface area (Å²) in [6.07, 6.45) is 4.07. The van der Waals surface area contributed by atoms with E-state index in [0.717, 1.165) is 51.4 Å². The van der Waals surface area contributed by atoms with Crippen LogP contribution in [0.25, 0.3) is 0 Å². The Kier molecular flexibility index (Phi) is 3.66. The quantitative estimate of drug-likeness (QED) is 0.906. The maximum Gasteiger partial charge on any atom is 0.222 e. The Hall–Kier alpha value is -0.870. The van der Waals surface area contributed by atoms with Gasteiger partial charge in [-0.25, -0.2) is 0 Å². The zero-order chi connectivity index (χ0) is 12.4. The molecule has 1 saturated heterocycles. The summed E-state index contributed by atoms with van der Waals surface area (Å²) in [6.45, 7) is 3.97. The highest BCUT2D eigenvalue weighted by molar-refractivity contribution is 7.10. The monoisotopic (exact) mass is 264 g/mol. The lowest BCUT2D eigenvalue weighted by atomic mass is 10.0. The van der Waals surface area contributed by atoms with Crippen molar-refractivity contribution in [2.45, 2.75) is 32.2 Å². The number of carbonyl (C=O) groups is 1. The summed E-state index contributed by atoms with van der Waals surface area (Å²) >= 11 is 1.83. The van der Waals surface area contributed by atoms with Crippen molar-refractivity contribution in [3.63, 3.8) is 0 Å². The van der Waals surface area contributed by atoms with Gasteiger partial charge in [0.05, 0.1) is 0 Å². The molecule has 1 aromatic rings. The van der Waals surface area contributed by atoms with Crippen molar-refractivity contribution in [1.29, 1.82) is 0 Å². The number of thiophene rings is 1. The third kappa shape index (κ3) is 2.59. The average Bonchev–Trinajstić information content (AvgIpc) is 3.05. The molecule has 1 unspecified atom stereocenters. The third-order valence-corrected chi connectivity index (χ3v) is 5.11. The number of carbonyl (C=O) groups excluding carboxylic acids is 1. The van der Waals surface area contributed by atoms with Crippen LogP contribution in [0.3, 0.4) is 0 Å². The molecule has 1 aromatic heterocycles. The number of rotatable bonds is 3. The minimum atomic E-state index is 0.346. The van der Waals surface area contributed by atoms with E-state index in [1.165, 1.54) is 16.9 Å². The van der Waals surface area contributed by atoms with E-state index in [1.54, 1.807) is 0 Å². The molecule has 1 atom stereocenters. The SMILES string of the molecule is O=C(CCC1CCNC1)N1CCc2sccc2C1. The summed E-state index contributed by atoms with van der Waals surface area (Å²) < 4.78 is 0. The predicted octanol–water partition coefficient (Wildman–Crippen LogP) is 2.02. The van der Waals surface area contributed by atoms with Crippen LogP contribution >= 0.6 is 11.3 Å². The smallest absolute Gasteiger partial charge is 0.222 e. The Labute approximate surface area is 112 Å². The van der Waals surface area contributed by atoms with Gasteiger partial charge in [-0.05, 0) is 55.3 Å². The van der Waals surface area contributed by atoms with Gasteiger partial charge in [0.25, 0.3) is 0 Å². The Balaban J connectivity index is 1.51. The van der Waals surface area contributed by atoms with Crippen LogP contribution in [-0.4, -0.2) is 30.4 Å². The molecule has 0 aliphatic carbocycles. The molecule has 1 amide bonds. The zero-order valence-corrected chi connectivity index (χ0v) is 11.5. The van der Waals surface area contributed by atoms with Gasteiger partial charge in [-0.3, -0.25) is 4.79 Å². The predicted molar refractivity (Wildman–Crippen MR) is 73.7 cm³/mol. The van der Waals surface area contributed by atoms with E-state index >= 15 is 0 Å². The first kappa shape index (κ1) is 12.2. The number of nitrogens with zero attached hydrogens (tertiary/aromatic N) is 1. The Morgan fingerprint density at radius 2 is 2.50 bits per heavy atom. The molecule has 2 aliphatic rings. The van der Waals surface area contributed by atoms with Gasteiger partial charge in [-0.1, -0.05) is 0 Å². The third-order valence-electron chi connectivity index (χ3n) is 4.09. The fraction of sp³-hybridized carbons (Fsp3) is 0.643. The van der Waals surface area contributed by atoms with Crippen LogP contribution in [0, 0.1) is 5.92 Å². The van der Waals surface area contributed by atoms with Gasteiger partial charge in [0.15, 0.2) is 0 Å². The molecule has 0 radical (unpaired) electrons. The minimum Gasteiger partial charge on any atom is -0.338 e. The van der Waals surface area contributed by atoms with E-state index in [2.05, 4.69) is 16.8 Å². The second-order valence-corrected chi connectivity index (χ2v) is 6.33. The summed E-state index contributed by atoms with van der Waals surface area (Å²) in [6, 6.07) is 2.17. The number of nitrogens with one attached hydrogen (secondary N) is 1. The summed E-state index contributed by atoms with van der Waals surface area (Å²) in [5.41, 5.74) is 1.36. The number of hydrogen-bond acceptors (Lipinski definition) is 3. The molecule has 18 heavy (non-hydrogen) atoms. The minimum absolute atomic E-state index is 0.346. The highest BCUT2D eigenvalue weighted by Gasteiger charge is 2.22. The zero-order valence-electron chi connectivity index (χ0n) is 10.7. The van der Waals surface area contributed by atoms with E-state index in [1.807, 2.05) is 16.2 Å². The van der Waals surface area contributed by atoms with Crippen LogP contribution < -0.4 is 5.32 Å². The van der Waals surface area contributed by atoms with E-state index in [-0.39, 0.29) is 0 Å². The fourth-order valence-electron chi connectivity index (χ4n) is 2.91. The standard InChI is InChI=1S/C14H20N2OS/c17-14(2-1-11-3-6-15-9-11)16-7-4-13-12(10-16)5-8-18-13/h5,8,11,15H,1-4,6-7,9-10H2. The maximum atomic E-state index is 12.2. The largest absolute Gasteiger partial charge is 0.338 e. The molecule has 1 N–H and O–H groups in total. The topological polar surface area (TPSA) is 32.3 Å². The second kappa shape index (κ2) is 5.41. The highest BCUT2D eigenvalue weighted by atomic mass is 32.1. The number of fused-ring (bicyclic) bond motifs is 1. The van der Waals surface area contributed by atoms with Gasteiger partial charge in [-0.2, -0.15) is 0 Å². The lowest BCUT2D eigenvalue weighted by Gasteiger charge is -2.27. The number of hydrogen-bond donors (Lipinski definition) is 1. The Morgan fingerprint density at radius 1 is 1.56 bits per heavy atom. The van der Waals surface area contributed by atoms with Gasteiger partial charge in [0.2, 0.25) is 5.91 Å². The summed E-state index contributed by atoms with van der Waals surface area (Å²) in [4.78, 5) is 15.7. The normalized spacial score (nSPS) is 23.1. The van der Waals surface area contributed by atoms with Crippen molar-refractivity contribution in [3.05, 3.63) is 21.9 Å². The van der Waals surface area contributed by atoms with Gasteiger partial charge >= 0.3 is 0 Å². The lowest BCUT2D eigenvalue weighted by molar-refractivity contribution is -0.132. The van der Waals surface area contributed by atoms with E-state index in [0.29, 0.717) is 5.91 Å². The summed E-state index contributed by atoms with van der Waals surface area (Å²) in [7, 11) is 0. The Bertz CT molecular complexity index is 423. The van der Waals surface area contributed by atoms with Gasteiger partial charge < -0.3 is 10.2 Å². The molecule has 98 valence electrons. The maximum absolute atomic E-state index is 12.2. The summed E-state index contributed by atoms with van der Waals surface area (Å²) in [5, 5.41) is 5.50. The molecule has 0 saturated carbocycles. The van der Waals surface area contributed by atoms with Crippen molar-refractivity contribution < 1.29 is 4.79 Å². The van der Waals surface area contributed by atoms with Gasteiger partial charge in [0.1, 0.15) is 0 Å². The van der Waals surface area contributed by atoms with Crippen LogP contribution in [0.5, 0.6) is 0 Å². The molecule has 0 spiro atoms. The van der Waals surface area contributed by atoms with Crippen LogP contribution in [-0.2, 0) is 17.8 Å². The first-order chi connectivity index (χ1) is 8.83. The molecular formula is C14H20N2OS. The Morgan fingerprint density at radius 3 is 3.33 bits per heavy atom. The second-order valence-electron chi connectivity index (χ2n) is 5.33. The number of amides is 1. The van der Waals surface area contributed by atoms with Crippen molar-refractivity contribution in [2.75, 3.05) is 19.6 Å². The average molecular weight is 264 g/mol. The van der Waals surface area contributed by atoms with Crippen LogP contribution in [0.1, 0.15) is 29.7 Å². The first-order valence-corrected chi connectivity index (χ1v) is 7.74. The molecular weight excluding hydrogens is 244 g/mol. The van der Waals surface area contributed by atoms with Gasteiger partial charge in [-0.15, -0.1) is 11.3 Å².